The quantitative estimate of drug-likeness (QED) is 0.687. The van der Waals surface area contributed by atoms with Crippen LogP contribution in [0, 0.1) is 6.92 Å². The summed E-state index contributed by atoms with van der Waals surface area (Å²) in [5.41, 5.74) is 3.83. The first-order valence-electron chi connectivity index (χ1n) is 7.37. The van der Waals surface area contributed by atoms with Crippen molar-refractivity contribution in [2.75, 3.05) is 25.6 Å². The van der Waals surface area contributed by atoms with E-state index in [9.17, 15) is 0 Å². The van der Waals surface area contributed by atoms with Gasteiger partial charge in [-0.1, -0.05) is 0 Å². The van der Waals surface area contributed by atoms with E-state index in [1.165, 1.54) is 4.88 Å². The van der Waals surface area contributed by atoms with Crippen LogP contribution in [-0.2, 0) is 24.8 Å². The van der Waals surface area contributed by atoms with Crippen LogP contribution in [0.25, 0.3) is 11.0 Å². The number of nitrogens with zero attached hydrogens (tertiary/aromatic N) is 6. The molecule has 0 bridgehead atoms. The van der Waals surface area contributed by atoms with Gasteiger partial charge in [0.05, 0.1) is 22.8 Å². The van der Waals surface area contributed by atoms with Crippen molar-refractivity contribution in [2.45, 2.75) is 20.0 Å². The Bertz CT molecular complexity index is 812. The molecule has 3 rings (SSSR count). The Kier molecular flexibility index (Phi) is 4.53. The van der Waals surface area contributed by atoms with Gasteiger partial charge in [-0.2, -0.15) is 5.10 Å². The van der Waals surface area contributed by atoms with Crippen molar-refractivity contribution in [3.8, 4) is 0 Å². The third-order valence-corrected chi connectivity index (χ3v) is 4.77. The zero-order valence-corrected chi connectivity index (χ0v) is 14.6. The molecule has 0 fully saturated rings. The molecule has 122 valence electrons. The number of aromatic nitrogens is 5. The van der Waals surface area contributed by atoms with Crippen molar-refractivity contribution in [3.63, 3.8) is 0 Å². The molecule has 0 atom stereocenters. The highest BCUT2D eigenvalue weighted by molar-refractivity contribution is 7.09. The van der Waals surface area contributed by atoms with E-state index in [2.05, 4.69) is 25.0 Å². The lowest BCUT2D eigenvalue weighted by molar-refractivity contribution is 0.178. The van der Waals surface area contributed by atoms with Crippen molar-refractivity contribution in [2.24, 2.45) is 7.05 Å². The van der Waals surface area contributed by atoms with Gasteiger partial charge in [0.1, 0.15) is 12.4 Å². The predicted octanol–water partition coefficient (Wildman–Crippen LogP) is 1.95. The van der Waals surface area contributed by atoms with E-state index in [-0.39, 0.29) is 0 Å². The van der Waals surface area contributed by atoms with E-state index in [4.69, 9.17) is 4.74 Å². The fourth-order valence-electron chi connectivity index (χ4n) is 2.48. The number of ether oxygens (including phenoxy) is 1. The van der Waals surface area contributed by atoms with Gasteiger partial charge in [-0.05, 0) is 6.92 Å². The minimum Gasteiger partial charge on any atom is -0.377 e. The van der Waals surface area contributed by atoms with Crippen LogP contribution in [0.5, 0.6) is 0 Å². The second-order valence-corrected chi connectivity index (χ2v) is 6.37. The van der Waals surface area contributed by atoms with E-state index >= 15 is 0 Å². The summed E-state index contributed by atoms with van der Waals surface area (Å²) in [4.78, 5) is 16.9. The molecule has 0 aromatic carbocycles. The van der Waals surface area contributed by atoms with Gasteiger partial charge in [0.25, 0.3) is 0 Å². The number of likely N-dealkylation sites (N-methyl/N-ethyl adjacent to an activating group) is 1. The molecule has 0 saturated carbocycles. The molecule has 8 heteroatoms. The Hall–Kier alpha value is -2.06. The molecule has 7 nitrogen and oxygen atoms in total. The second kappa shape index (κ2) is 6.59. The van der Waals surface area contributed by atoms with Gasteiger partial charge in [0, 0.05) is 39.0 Å². The van der Waals surface area contributed by atoms with Crippen LogP contribution in [0.2, 0.25) is 0 Å². The summed E-state index contributed by atoms with van der Waals surface area (Å²) in [6, 6.07) is 0. The first-order chi connectivity index (χ1) is 11.1. The van der Waals surface area contributed by atoms with Crippen LogP contribution in [0.1, 0.15) is 16.4 Å². The van der Waals surface area contributed by atoms with Crippen LogP contribution < -0.4 is 4.90 Å². The molecule has 3 heterocycles. The molecule has 0 saturated heterocycles. The Morgan fingerprint density at radius 3 is 2.87 bits per heavy atom. The Balaban J connectivity index is 1.89. The number of rotatable bonds is 6. The number of anilines is 1. The Morgan fingerprint density at radius 2 is 2.17 bits per heavy atom. The van der Waals surface area contributed by atoms with Crippen LogP contribution in [0.4, 0.5) is 5.82 Å². The van der Waals surface area contributed by atoms with E-state index in [1.54, 1.807) is 23.1 Å². The average molecular weight is 332 g/mol. The van der Waals surface area contributed by atoms with Gasteiger partial charge in [0.2, 0.25) is 0 Å². The maximum atomic E-state index is 5.18. The van der Waals surface area contributed by atoms with Gasteiger partial charge >= 0.3 is 0 Å². The molecule has 3 aromatic rings. The van der Waals surface area contributed by atoms with Crippen molar-refractivity contribution < 1.29 is 4.74 Å². The third-order valence-electron chi connectivity index (χ3n) is 3.77. The second-order valence-electron chi connectivity index (χ2n) is 5.43. The third kappa shape index (κ3) is 3.18. The number of thiazole rings is 1. The van der Waals surface area contributed by atoms with Crippen LogP contribution in [0.15, 0.2) is 11.7 Å². The monoisotopic (exact) mass is 332 g/mol. The molecule has 0 amide bonds. The molecule has 23 heavy (non-hydrogen) atoms. The lowest BCUT2D eigenvalue weighted by Gasteiger charge is -2.19. The molecule has 0 aliphatic rings. The number of methoxy groups -OCH3 is 1. The van der Waals surface area contributed by atoms with Gasteiger partial charge in [-0.25, -0.2) is 15.0 Å². The Labute approximate surface area is 139 Å². The van der Waals surface area contributed by atoms with Crippen molar-refractivity contribution in [3.05, 3.63) is 28.1 Å². The van der Waals surface area contributed by atoms with E-state index in [0.29, 0.717) is 12.4 Å². The number of hydrogen-bond acceptors (Lipinski definition) is 7. The summed E-state index contributed by atoms with van der Waals surface area (Å²) in [5.74, 6) is 1.55. The van der Waals surface area contributed by atoms with Crippen molar-refractivity contribution >= 4 is 28.2 Å². The standard InChI is InChI=1S/C15H20N6OS/c1-10-12(23-9-16-10)5-6-20(2)14-11-7-17-21(3)15(11)19-13(18-14)8-22-4/h7,9H,5-6,8H2,1-4H3. The van der Waals surface area contributed by atoms with Crippen molar-refractivity contribution in [1.82, 2.24) is 24.7 Å². The molecular formula is C15H20N6OS. The van der Waals surface area contributed by atoms with Gasteiger partial charge in [-0.3, -0.25) is 4.68 Å². The van der Waals surface area contributed by atoms with Crippen LogP contribution in [0.3, 0.4) is 0 Å². The topological polar surface area (TPSA) is 69.0 Å². The van der Waals surface area contributed by atoms with Gasteiger partial charge in [0.15, 0.2) is 11.5 Å². The molecular weight excluding hydrogens is 312 g/mol. The van der Waals surface area contributed by atoms with E-state index < -0.39 is 0 Å². The van der Waals surface area contributed by atoms with Crippen LogP contribution in [-0.4, -0.2) is 45.4 Å². The Morgan fingerprint density at radius 1 is 1.35 bits per heavy atom. The minimum absolute atomic E-state index is 0.385. The summed E-state index contributed by atoms with van der Waals surface area (Å²) in [6.45, 7) is 3.29. The van der Waals surface area contributed by atoms with E-state index in [1.807, 2.05) is 32.7 Å². The summed E-state index contributed by atoms with van der Waals surface area (Å²) < 4.78 is 6.95. The number of fused-ring (bicyclic) bond motifs is 1. The zero-order valence-electron chi connectivity index (χ0n) is 13.8. The van der Waals surface area contributed by atoms with Gasteiger partial charge < -0.3 is 9.64 Å². The molecule has 3 aromatic heterocycles. The highest BCUT2D eigenvalue weighted by Gasteiger charge is 2.15. The zero-order chi connectivity index (χ0) is 16.4. The van der Waals surface area contributed by atoms with Gasteiger partial charge in [-0.15, -0.1) is 11.3 Å². The fourth-order valence-corrected chi connectivity index (χ4v) is 3.25. The lowest BCUT2D eigenvalue weighted by Crippen LogP contribution is -2.22. The molecule has 0 spiro atoms. The molecule has 0 N–H and O–H groups in total. The first kappa shape index (κ1) is 15.8. The average Bonchev–Trinajstić information content (AvgIpc) is 3.11. The number of aryl methyl sites for hydroxylation is 2. The van der Waals surface area contributed by atoms with Crippen LogP contribution >= 0.6 is 11.3 Å². The number of hydrogen-bond donors (Lipinski definition) is 0. The fraction of sp³-hybridized carbons (Fsp3) is 0.467. The summed E-state index contributed by atoms with van der Waals surface area (Å²) in [6.07, 6.45) is 2.76. The molecule has 0 aliphatic heterocycles. The minimum atomic E-state index is 0.385. The lowest BCUT2D eigenvalue weighted by atomic mass is 10.2. The smallest absolute Gasteiger partial charge is 0.163 e. The molecule has 0 unspecified atom stereocenters. The molecule has 0 aliphatic carbocycles. The largest absolute Gasteiger partial charge is 0.377 e. The normalized spacial score (nSPS) is 11.3. The highest BCUT2D eigenvalue weighted by Crippen LogP contribution is 2.23. The predicted molar refractivity (Wildman–Crippen MR) is 90.8 cm³/mol. The maximum Gasteiger partial charge on any atom is 0.163 e. The first-order valence-corrected chi connectivity index (χ1v) is 8.25. The highest BCUT2D eigenvalue weighted by atomic mass is 32.1. The molecule has 0 radical (unpaired) electrons. The summed E-state index contributed by atoms with van der Waals surface area (Å²) >= 11 is 1.70. The summed E-state index contributed by atoms with van der Waals surface area (Å²) in [7, 11) is 5.57. The summed E-state index contributed by atoms with van der Waals surface area (Å²) in [5, 5.41) is 5.26. The maximum absolute atomic E-state index is 5.18. The van der Waals surface area contributed by atoms with Crippen molar-refractivity contribution in [1.29, 1.82) is 0 Å². The van der Waals surface area contributed by atoms with E-state index in [0.717, 1.165) is 35.5 Å². The SMILES string of the molecule is COCc1nc(N(C)CCc2scnc2C)c2cnn(C)c2n1.